The summed E-state index contributed by atoms with van der Waals surface area (Å²) in [5.74, 6) is -0.421. The van der Waals surface area contributed by atoms with E-state index >= 15 is 0 Å². The van der Waals surface area contributed by atoms with Gasteiger partial charge in [0.05, 0.1) is 17.3 Å². The minimum atomic E-state index is -3.16. The molecule has 6 nitrogen and oxygen atoms in total. The summed E-state index contributed by atoms with van der Waals surface area (Å²) >= 11 is 0. The lowest BCUT2D eigenvalue weighted by Gasteiger charge is -2.07. The predicted molar refractivity (Wildman–Crippen MR) is 72.7 cm³/mol. The van der Waals surface area contributed by atoms with Gasteiger partial charge in [-0.2, -0.15) is 0 Å². The van der Waals surface area contributed by atoms with Crippen LogP contribution in [0, 0.1) is 0 Å². The highest BCUT2D eigenvalue weighted by Gasteiger charge is 2.10. The van der Waals surface area contributed by atoms with Gasteiger partial charge in [-0.3, -0.25) is 4.79 Å². The monoisotopic (exact) mass is 286 g/mol. The second kappa shape index (κ2) is 7.10. The molecule has 1 amide bonds. The number of benzene rings is 1. The van der Waals surface area contributed by atoms with Gasteiger partial charge in [0.25, 0.3) is 0 Å². The van der Waals surface area contributed by atoms with Crippen molar-refractivity contribution in [1.29, 1.82) is 0 Å². The number of hydrogen-bond donors (Lipinski definition) is 2. The van der Waals surface area contributed by atoms with Crippen LogP contribution in [0.3, 0.4) is 0 Å². The van der Waals surface area contributed by atoms with Crippen LogP contribution in [-0.4, -0.2) is 39.8 Å². The summed E-state index contributed by atoms with van der Waals surface area (Å²) in [5, 5.41) is 3.04. The average Bonchev–Trinajstić information content (AvgIpc) is 2.38. The SMILES string of the molecule is CCS(=O)(=O)c1ccc(NCCOCC(N)=O)cc1. The predicted octanol–water partition coefficient (Wildman–Crippen LogP) is 0.394. The van der Waals surface area contributed by atoms with Crippen molar-refractivity contribution in [2.75, 3.05) is 30.8 Å². The molecule has 0 bridgehead atoms. The van der Waals surface area contributed by atoms with Crippen molar-refractivity contribution in [2.24, 2.45) is 5.73 Å². The highest BCUT2D eigenvalue weighted by Crippen LogP contribution is 2.14. The third-order valence-electron chi connectivity index (χ3n) is 2.41. The fraction of sp³-hybridized carbons (Fsp3) is 0.417. The number of amides is 1. The molecule has 0 aliphatic heterocycles. The molecule has 106 valence electrons. The number of rotatable bonds is 8. The topological polar surface area (TPSA) is 98.5 Å². The number of primary amides is 1. The molecule has 0 spiro atoms. The minimum Gasteiger partial charge on any atom is -0.383 e. The normalized spacial score (nSPS) is 11.2. The Labute approximate surface area is 112 Å². The lowest BCUT2D eigenvalue weighted by Crippen LogP contribution is -2.20. The molecule has 0 unspecified atom stereocenters. The molecule has 0 heterocycles. The molecule has 0 saturated heterocycles. The first-order chi connectivity index (χ1) is 8.95. The van der Waals surface area contributed by atoms with Crippen LogP contribution in [0.5, 0.6) is 0 Å². The third-order valence-corrected chi connectivity index (χ3v) is 4.16. The molecule has 0 aliphatic carbocycles. The zero-order chi connectivity index (χ0) is 14.3. The first kappa shape index (κ1) is 15.5. The Morgan fingerprint density at radius 2 is 1.95 bits per heavy atom. The lowest BCUT2D eigenvalue weighted by atomic mass is 10.3. The smallest absolute Gasteiger partial charge is 0.243 e. The molecule has 0 aliphatic rings. The van der Waals surface area contributed by atoms with Gasteiger partial charge in [0.1, 0.15) is 6.61 Å². The Hall–Kier alpha value is -1.60. The van der Waals surface area contributed by atoms with Crippen molar-refractivity contribution in [3.05, 3.63) is 24.3 Å². The van der Waals surface area contributed by atoms with E-state index in [1.807, 2.05) is 0 Å². The van der Waals surface area contributed by atoms with E-state index in [2.05, 4.69) is 5.32 Å². The first-order valence-corrected chi connectivity index (χ1v) is 7.53. The van der Waals surface area contributed by atoms with Crippen LogP contribution >= 0.6 is 0 Å². The van der Waals surface area contributed by atoms with Crippen molar-refractivity contribution < 1.29 is 17.9 Å². The molecule has 3 N–H and O–H groups in total. The molecule has 0 saturated carbocycles. The van der Waals surface area contributed by atoms with E-state index in [4.69, 9.17) is 10.5 Å². The van der Waals surface area contributed by atoms with Gasteiger partial charge in [0.2, 0.25) is 5.91 Å². The second-order valence-corrected chi connectivity index (χ2v) is 6.15. The Balaban J connectivity index is 2.43. The summed E-state index contributed by atoms with van der Waals surface area (Å²) in [6.07, 6.45) is 0. The molecule has 0 aromatic heterocycles. The van der Waals surface area contributed by atoms with Gasteiger partial charge < -0.3 is 15.8 Å². The molecule has 1 aromatic rings. The van der Waals surface area contributed by atoms with Crippen LogP contribution in [-0.2, 0) is 19.4 Å². The standard InChI is InChI=1S/C12H18N2O4S/c1-2-19(16,17)11-5-3-10(4-6-11)14-7-8-18-9-12(13)15/h3-6,14H,2,7-9H2,1H3,(H2,13,15). The van der Waals surface area contributed by atoms with Crippen LogP contribution in [0.25, 0.3) is 0 Å². The Morgan fingerprint density at radius 3 is 2.47 bits per heavy atom. The number of nitrogens with one attached hydrogen (secondary N) is 1. The highest BCUT2D eigenvalue weighted by molar-refractivity contribution is 7.91. The van der Waals surface area contributed by atoms with Crippen molar-refractivity contribution in [2.45, 2.75) is 11.8 Å². The zero-order valence-electron chi connectivity index (χ0n) is 10.8. The van der Waals surface area contributed by atoms with Crippen LogP contribution in [0.1, 0.15) is 6.92 Å². The molecule has 1 aromatic carbocycles. The molecular formula is C12H18N2O4S. The van der Waals surface area contributed by atoms with Crippen LogP contribution in [0.15, 0.2) is 29.2 Å². The zero-order valence-corrected chi connectivity index (χ0v) is 11.6. The maximum absolute atomic E-state index is 11.6. The van der Waals surface area contributed by atoms with Gasteiger partial charge in [0.15, 0.2) is 9.84 Å². The number of carbonyl (C=O) groups is 1. The molecule has 19 heavy (non-hydrogen) atoms. The fourth-order valence-corrected chi connectivity index (χ4v) is 2.27. The number of hydrogen-bond acceptors (Lipinski definition) is 5. The largest absolute Gasteiger partial charge is 0.383 e. The van der Waals surface area contributed by atoms with E-state index in [0.29, 0.717) is 18.0 Å². The second-order valence-electron chi connectivity index (χ2n) is 3.87. The lowest BCUT2D eigenvalue weighted by molar-refractivity contribution is -0.122. The van der Waals surface area contributed by atoms with Gasteiger partial charge in [-0.15, -0.1) is 0 Å². The molecule has 0 atom stereocenters. The van der Waals surface area contributed by atoms with E-state index < -0.39 is 15.7 Å². The quantitative estimate of drug-likeness (QED) is 0.674. The number of nitrogens with two attached hydrogens (primary N) is 1. The van der Waals surface area contributed by atoms with E-state index in [1.165, 1.54) is 0 Å². The summed E-state index contributed by atoms with van der Waals surface area (Å²) in [5.41, 5.74) is 5.70. The van der Waals surface area contributed by atoms with Crippen LogP contribution in [0.2, 0.25) is 0 Å². The number of anilines is 1. The molecule has 1 rings (SSSR count). The van der Waals surface area contributed by atoms with Gasteiger partial charge in [-0.25, -0.2) is 8.42 Å². The molecule has 0 radical (unpaired) electrons. The summed E-state index contributed by atoms with van der Waals surface area (Å²) in [6, 6.07) is 6.50. The van der Waals surface area contributed by atoms with Gasteiger partial charge in [-0.1, -0.05) is 6.92 Å². The molecular weight excluding hydrogens is 268 g/mol. The van der Waals surface area contributed by atoms with Gasteiger partial charge >= 0.3 is 0 Å². The number of ether oxygens (including phenoxy) is 1. The molecule has 0 fully saturated rings. The van der Waals surface area contributed by atoms with Crippen LogP contribution in [0.4, 0.5) is 5.69 Å². The summed E-state index contributed by atoms with van der Waals surface area (Å²) in [4.78, 5) is 10.7. The summed E-state index contributed by atoms with van der Waals surface area (Å²) in [7, 11) is -3.16. The number of sulfone groups is 1. The summed E-state index contributed by atoms with van der Waals surface area (Å²) < 4.78 is 28.2. The van der Waals surface area contributed by atoms with E-state index in [9.17, 15) is 13.2 Å². The minimum absolute atomic E-state index is 0.0841. The van der Waals surface area contributed by atoms with Crippen molar-refractivity contribution in [3.8, 4) is 0 Å². The maximum atomic E-state index is 11.6. The maximum Gasteiger partial charge on any atom is 0.243 e. The fourth-order valence-electron chi connectivity index (χ4n) is 1.39. The van der Waals surface area contributed by atoms with Gasteiger partial charge in [-0.05, 0) is 24.3 Å². The van der Waals surface area contributed by atoms with E-state index in [-0.39, 0.29) is 12.4 Å². The van der Waals surface area contributed by atoms with Crippen LogP contribution < -0.4 is 11.1 Å². The summed E-state index contributed by atoms with van der Waals surface area (Å²) in [6.45, 7) is 2.36. The van der Waals surface area contributed by atoms with Gasteiger partial charge in [0, 0.05) is 12.2 Å². The van der Waals surface area contributed by atoms with E-state index in [0.717, 1.165) is 5.69 Å². The van der Waals surface area contributed by atoms with Crippen molar-refractivity contribution in [3.63, 3.8) is 0 Å². The molecule has 7 heteroatoms. The van der Waals surface area contributed by atoms with Crippen molar-refractivity contribution >= 4 is 21.4 Å². The Morgan fingerprint density at radius 1 is 1.32 bits per heavy atom. The van der Waals surface area contributed by atoms with Crippen molar-refractivity contribution in [1.82, 2.24) is 0 Å². The number of carbonyl (C=O) groups excluding carboxylic acids is 1. The third kappa shape index (κ3) is 5.27. The highest BCUT2D eigenvalue weighted by atomic mass is 32.2. The average molecular weight is 286 g/mol. The Bertz CT molecular complexity index is 511. The van der Waals surface area contributed by atoms with E-state index in [1.54, 1.807) is 31.2 Å². The first-order valence-electron chi connectivity index (χ1n) is 5.88. The Kier molecular flexibility index (Phi) is 5.78.